The van der Waals surface area contributed by atoms with E-state index in [1.165, 1.54) is 30.6 Å². The second kappa shape index (κ2) is 5.97. The number of aryl methyl sites for hydroxylation is 1. The number of nitrogens with one attached hydrogen (secondary N) is 1. The molecule has 0 aliphatic rings. The fourth-order valence-corrected chi connectivity index (χ4v) is 2.23. The number of benzene rings is 1. The molecule has 0 fully saturated rings. The predicted octanol–water partition coefficient (Wildman–Crippen LogP) is 1.42. The van der Waals surface area contributed by atoms with Crippen molar-refractivity contribution in [2.75, 3.05) is 11.9 Å². The van der Waals surface area contributed by atoms with Crippen LogP contribution in [0.4, 0.5) is 11.5 Å². The van der Waals surface area contributed by atoms with Crippen LogP contribution in [0, 0.1) is 10.1 Å². The van der Waals surface area contributed by atoms with Crippen molar-refractivity contribution in [3.05, 3.63) is 52.5 Å². The van der Waals surface area contributed by atoms with Crippen molar-refractivity contribution in [3.8, 4) is 0 Å². The third kappa shape index (κ3) is 2.94. The Morgan fingerprint density at radius 3 is 2.78 bits per heavy atom. The number of hydrogen-bond acceptors (Lipinski definition) is 7. The maximum atomic E-state index is 10.6. The molecule has 2 N–H and O–H groups in total. The fourth-order valence-electron chi connectivity index (χ4n) is 2.23. The van der Waals surface area contributed by atoms with E-state index in [1.807, 2.05) is 0 Å². The smallest absolute Gasteiger partial charge is 0.269 e. The number of nitro groups is 1. The van der Waals surface area contributed by atoms with Crippen molar-refractivity contribution in [3.63, 3.8) is 0 Å². The Morgan fingerprint density at radius 2 is 2.09 bits per heavy atom. The molecule has 0 radical (unpaired) electrons. The Bertz CT molecular complexity index is 845. The van der Waals surface area contributed by atoms with Gasteiger partial charge >= 0.3 is 0 Å². The van der Waals surface area contributed by atoms with Crippen molar-refractivity contribution in [1.29, 1.82) is 0 Å². The van der Waals surface area contributed by atoms with Gasteiger partial charge in [0, 0.05) is 25.7 Å². The molecule has 9 nitrogen and oxygen atoms in total. The molecule has 23 heavy (non-hydrogen) atoms. The second-order valence-electron chi connectivity index (χ2n) is 4.97. The van der Waals surface area contributed by atoms with Crippen LogP contribution in [0.1, 0.15) is 11.7 Å². The van der Waals surface area contributed by atoms with Crippen LogP contribution in [-0.4, -0.2) is 36.3 Å². The van der Waals surface area contributed by atoms with Crippen molar-refractivity contribution in [2.45, 2.75) is 6.10 Å². The third-order valence-corrected chi connectivity index (χ3v) is 3.48. The average molecular weight is 314 g/mol. The van der Waals surface area contributed by atoms with Crippen molar-refractivity contribution < 1.29 is 10.0 Å². The zero-order valence-electron chi connectivity index (χ0n) is 12.2. The number of nitro benzene ring substituents is 1. The maximum Gasteiger partial charge on any atom is 0.269 e. The Balaban J connectivity index is 1.73. The zero-order valence-corrected chi connectivity index (χ0v) is 12.2. The third-order valence-electron chi connectivity index (χ3n) is 3.48. The second-order valence-corrected chi connectivity index (χ2v) is 4.97. The summed E-state index contributed by atoms with van der Waals surface area (Å²) in [5.74, 6) is 0.573. The molecular weight excluding hydrogens is 300 g/mol. The first-order valence-corrected chi connectivity index (χ1v) is 6.85. The fraction of sp³-hybridized carbons (Fsp3) is 0.214. The van der Waals surface area contributed by atoms with E-state index in [2.05, 4.69) is 20.4 Å². The summed E-state index contributed by atoms with van der Waals surface area (Å²) in [6.45, 7) is 0.207. The molecule has 1 atom stereocenters. The number of aliphatic hydroxyl groups is 1. The Labute approximate surface area is 130 Å². The van der Waals surface area contributed by atoms with Crippen LogP contribution < -0.4 is 5.32 Å². The highest BCUT2D eigenvalue weighted by molar-refractivity contribution is 5.85. The monoisotopic (exact) mass is 314 g/mol. The molecule has 1 aromatic carbocycles. The lowest BCUT2D eigenvalue weighted by atomic mass is 10.1. The van der Waals surface area contributed by atoms with Gasteiger partial charge < -0.3 is 10.4 Å². The summed E-state index contributed by atoms with van der Waals surface area (Å²) in [7, 11) is 1.78. The molecule has 2 heterocycles. The maximum absolute atomic E-state index is 10.6. The normalized spacial score (nSPS) is 12.3. The van der Waals surface area contributed by atoms with Crippen LogP contribution in [0.2, 0.25) is 0 Å². The number of rotatable bonds is 5. The van der Waals surface area contributed by atoms with Crippen LogP contribution >= 0.6 is 0 Å². The van der Waals surface area contributed by atoms with Gasteiger partial charge in [-0.1, -0.05) is 0 Å². The highest BCUT2D eigenvalue weighted by Crippen LogP contribution is 2.21. The molecule has 0 saturated heterocycles. The summed E-state index contributed by atoms with van der Waals surface area (Å²) in [5.41, 5.74) is 1.26. The van der Waals surface area contributed by atoms with E-state index in [0.29, 0.717) is 17.0 Å². The van der Waals surface area contributed by atoms with Crippen LogP contribution in [-0.2, 0) is 7.05 Å². The van der Waals surface area contributed by atoms with Gasteiger partial charge in [0.1, 0.15) is 12.1 Å². The molecule has 3 aromatic rings. The van der Waals surface area contributed by atoms with E-state index < -0.39 is 11.0 Å². The van der Waals surface area contributed by atoms with Gasteiger partial charge in [-0.15, -0.1) is 0 Å². The minimum atomic E-state index is -0.822. The largest absolute Gasteiger partial charge is 0.387 e. The first-order chi connectivity index (χ1) is 11.1. The van der Waals surface area contributed by atoms with Gasteiger partial charge in [0.15, 0.2) is 5.65 Å². The molecule has 3 rings (SSSR count). The van der Waals surface area contributed by atoms with Crippen molar-refractivity contribution >= 4 is 22.5 Å². The van der Waals surface area contributed by atoms with Crippen LogP contribution in [0.15, 0.2) is 36.8 Å². The molecule has 0 spiro atoms. The average Bonchev–Trinajstić information content (AvgIpc) is 2.95. The zero-order chi connectivity index (χ0) is 16.4. The molecule has 1 unspecified atom stereocenters. The number of aliphatic hydroxyl groups excluding tert-OH is 1. The SMILES string of the molecule is Cn1ncc2c(NCC(O)c3ccc([N+](=O)[O-])cc3)ncnc21. The molecule has 0 bridgehead atoms. The van der Waals surface area contributed by atoms with Gasteiger partial charge in [-0.25, -0.2) is 9.97 Å². The number of anilines is 1. The van der Waals surface area contributed by atoms with E-state index in [0.717, 1.165) is 5.39 Å². The summed E-state index contributed by atoms with van der Waals surface area (Å²) in [4.78, 5) is 18.4. The number of nitrogens with zero attached hydrogens (tertiary/aromatic N) is 5. The predicted molar refractivity (Wildman–Crippen MR) is 82.8 cm³/mol. The molecular formula is C14H14N6O3. The summed E-state index contributed by atoms with van der Waals surface area (Å²) in [5, 5.41) is 28.7. The van der Waals surface area contributed by atoms with E-state index in [9.17, 15) is 15.2 Å². The Morgan fingerprint density at radius 1 is 1.35 bits per heavy atom. The number of non-ortho nitro benzene ring substituents is 1. The lowest BCUT2D eigenvalue weighted by Gasteiger charge is -2.12. The van der Waals surface area contributed by atoms with E-state index in [-0.39, 0.29) is 12.2 Å². The Kier molecular flexibility index (Phi) is 3.85. The number of fused-ring (bicyclic) bond motifs is 1. The highest BCUT2D eigenvalue weighted by atomic mass is 16.6. The highest BCUT2D eigenvalue weighted by Gasteiger charge is 2.12. The standard InChI is InChI=1S/C14H14N6O3/c1-19-14-11(6-18-19)13(16-8-17-14)15-7-12(21)9-2-4-10(5-3-9)20(22)23/h2-6,8,12,21H,7H2,1H3,(H,15,16,17). The molecule has 0 amide bonds. The summed E-state index contributed by atoms with van der Waals surface area (Å²) >= 11 is 0. The quantitative estimate of drug-likeness (QED) is 0.540. The van der Waals surface area contributed by atoms with E-state index in [1.54, 1.807) is 17.9 Å². The van der Waals surface area contributed by atoms with Gasteiger partial charge in [0.2, 0.25) is 0 Å². The molecule has 0 aliphatic heterocycles. The summed E-state index contributed by atoms with van der Waals surface area (Å²) in [6, 6.07) is 5.79. The number of aromatic nitrogens is 4. The first kappa shape index (κ1) is 14.9. The van der Waals surface area contributed by atoms with Gasteiger partial charge in [-0.05, 0) is 17.7 Å². The van der Waals surface area contributed by atoms with E-state index in [4.69, 9.17) is 0 Å². The first-order valence-electron chi connectivity index (χ1n) is 6.85. The van der Waals surface area contributed by atoms with Crippen LogP contribution in [0.3, 0.4) is 0 Å². The van der Waals surface area contributed by atoms with Crippen LogP contribution in [0.25, 0.3) is 11.0 Å². The molecule has 0 aliphatic carbocycles. The molecule has 0 saturated carbocycles. The summed E-state index contributed by atoms with van der Waals surface area (Å²) in [6.07, 6.45) is 2.25. The van der Waals surface area contributed by atoms with Gasteiger partial charge in [0.05, 0.1) is 22.6 Å². The summed E-state index contributed by atoms with van der Waals surface area (Å²) < 4.78 is 1.63. The van der Waals surface area contributed by atoms with Gasteiger partial charge in [-0.2, -0.15) is 5.10 Å². The van der Waals surface area contributed by atoms with Crippen molar-refractivity contribution in [2.24, 2.45) is 7.05 Å². The molecule has 118 valence electrons. The van der Waals surface area contributed by atoms with E-state index >= 15 is 0 Å². The molecule has 9 heteroatoms. The molecule has 2 aromatic heterocycles. The van der Waals surface area contributed by atoms with Gasteiger partial charge in [0.25, 0.3) is 5.69 Å². The van der Waals surface area contributed by atoms with Gasteiger partial charge in [-0.3, -0.25) is 14.8 Å². The lowest BCUT2D eigenvalue weighted by molar-refractivity contribution is -0.384. The van der Waals surface area contributed by atoms with Crippen LogP contribution in [0.5, 0.6) is 0 Å². The lowest BCUT2D eigenvalue weighted by Crippen LogP contribution is -2.13. The topological polar surface area (TPSA) is 119 Å². The minimum Gasteiger partial charge on any atom is -0.387 e. The number of hydrogen-bond donors (Lipinski definition) is 2. The minimum absolute atomic E-state index is 0.0122. The van der Waals surface area contributed by atoms with Crippen molar-refractivity contribution in [1.82, 2.24) is 19.7 Å². The Hall–Kier alpha value is -3.07.